The van der Waals surface area contributed by atoms with E-state index in [0.29, 0.717) is 0 Å². The van der Waals surface area contributed by atoms with Gasteiger partial charge in [0.25, 0.3) is 5.91 Å². The van der Waals surface area contributed by atoms with Crippen LogP contribution in [0.5, 0.6) is 11.5 Å². The van der Waals surface area contributed by atoms with E-state index in [1.54, 1.807) is 0 Å². The van der Waals surface area contributed by atoms with Gasteiger partial charge in [-0.3, -0.25) is 19.0 Å². The molecule has 1 amide bonds. The van der Waals surface area contributed by atoms with Crippen LogP contribution >= 0.6 is 0 Å². The average Bonchev–Trinajstić information content (AvgIpc) is 3.05. The molecule has 0 unspecified atom stereocenters. The van der Waals surface area contributed by atoms with Gasteiger partial charge in [0, 0.05) is 29.1 Å². The molecule has 3 rings (SSSR count). The summed E-state index contributed by atoms with van der Waals surface area (Å²) in [6.45, 7) is 3.03. The lowest BCUT2D eigenvalue weighted by atomic mass is 10.0. The van der Waals surface area contributed by atoms with Gasteiger partial charge in [-0.15, -0.1) is 13.2 Å². The fraction of sp³-hybridized carbons (Fsp3) is 0.292. The summed E-state index contributed by atoms with van der Waals surface area (Å²) < 4.78 is 57.2. The van der Waals surface area contributed by atoms with Gasteiger partial charge in [0.15, 0.2) is 11.6 Å². The van der Waals surface area contributed by atoms with E-state index in [1.165, 1.54) is 19.9 Å². The Balaban J connectivity index is 1.94. The molecule has 0 saturated heterocycles. The van der Waals surface area contributed by atoms with Gasteiger partial charge in [-0.2, -0.15) is 0 Å². The lowest BCUT2D eigenvalue weighted by molar-refractivity contribution is -0.274. The number of nitrogens with zero attached hydrogens (tertiary/aromatic N) is 1. The Bertz CT molecular complexity index is 1320. The Morgan fingerprint density at radius 3 is 2.33 bits per heavy atom. The molecular formula is C24H22F4N2O6. The minimum absolute atomic E-state index is 0.00945. The number of nitrogens with one attached hydrogen (secondary N) is 1. The summed E-state index contributed by atoms with van der Waals surface area (Å²) >= 11 is 0. The first-order valence-corrected chi connectivity index (χ1v) is 10.7. The molecule has 0 aliphatic carbocycles. The van der Waals surface area contributed by atoms with Gasteiger partial charge in [0.1, 0.15) is 5.75 Å². The number of phenolic OH excluding ortho intramolecular Hbond substituents is 1. The Labute approximate surface area is 202 Å². The molecule has 0 radical (unpaired) electrons. The fourth-order valence-corrected chi connectivity index (χ4v) is 3.92. The molecule has 3 N–H and O–H groups in total. The van der Waals surface area contributed by atoms with Gasteiger partial charge in [-0.1, -0.05) is 0 Å². The second-order valence-corrected chi connectivity index (χ2v) is 8.14. The number of aromatic nitrogens is 1. The SMILES string of the molecule is Cc1c(CCC(=O)N[C@@H](C)CC(=O)O)c2c(F)c(O)ccc2n1C(=O)c1ccc(OC(F)(F)F)cc1. The predicted molar refractivity (Wildman–Crippen MR) is 119 cm³/mol. The zero-order valence-electron chi connectivity index (χ0n) is 19.1. The maximum Gasteiger partial charge on any atom is 0.573 e. The molecule has 36 heavy (non-hydrogen) atoms. The van der Waals surface area contributed by atoms with Gasteiger partial charge >= 0.3 is 12.3 Å². The number of aliphatic carboxylic acids is 1. The first-order valence-electron chi connectivity index (χ1n) is 10.7. The van der Waals surface area contributed by atoms with Crippen LogP contribution in [0, 0.1) is 12.7 Å². The van der Waals surface area contributed by atoms with Gasteiger partial charge < -0.3 is 20.3 Å². The Kier molecular flexibility index (Phi) is 7.56. The lowest BCUT2D eigenvalue weighted by Crippen LogP contribution is -2.34. The van der Waals surface area contributed by atoms with Gasteiger partial charge in [-0.05, 0) is 62.2 Å². The normalized spacial score (nSPS) is 12.4. The predicted octanol–water partition coefficient (Wildman–Crippen LogP) is 4.29. The number of ether oxygens (including phenoxy) is 1. The largest absolute Gasteiger partial charge is 0.573 e. The first-order chi connectivity index (χ1) is 16.8. The molecule has 1 atom stereocenters. The number of hydrogen-bond acceptors (Lipinski definition) is 5. The smallest absolute Gasteiger partial charge is 0.505 e. The van der Waals surface area contributed by atoms with Crippen LogP contribution in [0.3, 0.4) is 0 Å². The van der Waals surface area contributed by atoms with Gasteiger partial charge in [0.2, 0.25) is 5.91 Å². The minimum Gasteiger partial charge on any atom is -0.505 e. The van der Waals surface area contributed by atoms with Crippen molar-refractivity contribution in [3.8, 4) is 11.5 Å². The van der Waals surface area contributed by atoms with Crippen molar-refractivity contribution >= 4 is 28.7 Å². The Morgan fingerprint density at radius 1 is 1.11 bits per heavy atom. The van der Waals surface area contributed by atoms with Crippen molar-refractivity contribution in [3.05, 3.63) is 59.0 Å². The van der Waals surface area contributed by atoms with Crippen LogP contribution in [0.25, 0.3) is 10.9 Å². The molecule has 192 valence electrons. The van der Waals surface area contributed by atoms with E-state index < -0.39 is 47.5 Å². The minimum atomic E-state index is -4.90. The molecular weight excluding hydrogens is 488 g/mol. The highest BCUT2D eigenvalue weighted by atomic mass is 19.4. The Morgan fingerprint density at radius 2 is 1.75 bits per heavy atom. The molecule has 1 aromatic heterocycles. The van der Waals surface area contributed by atoms with Crippen LogP contribution < -0.4 is 10.1 Å². The standard InChI is InChI=1S/C24H22F4N2O6/c1-12(11-20(33)34)29-19(32)10-7-16-13(2)30(17-8-9-18(31)22(25)21(16)17)23(35)14-3-5-15(6-4-14)36-24(26,27)28/h3-6,8-9,12,31H,7,10-11H2,1-2H3,(H,29,32)(H,33,34)/t12-/m0/s1. The van der Waals surface area contributed by atoms with Crippen LogP contribution in [0.4, 0.5) is 17.6 Å². The van der Waals surface area contributed by atoms with Crippen molar-refractivity contribution in [2.45, 2.75) is 45.5 Å². The molecule has 8 nitrogen and oxygen atoms in total. The second kappa shape index (κ2) is 10.3. The number of aryl methyl sites for hydroxylation is 1. The van der Waals surface area contributed by atoms with Crippen molar-refractivity contribution < 1.29 is 46.9 Å². The molecule has 0 bridgehead atoms. The van der Waals surface area contributed by atoms with Crippen molar-refractivity contribution in [2.75, 3.05) is 0 Å². The maximum absolute atomic E-state index is 14.9. The van der Waals surface area contributed by atoms with E-state index >= 15 is 0 Å². The number of phenols is 1. The molecule has 2 aromatic carbocycles. The molecule has 0 aliphatic rings. The monoisotopic (exact) mass is 510 g/mol. The van der Waals surface area contributed by atoms with E-state index in [1.807, 2.05) is 0 Å². The molecule has 0 spiro atoms. The summed E-state index contributed by atoms with van der Waals surface area (Å²) in [5, 5.41) is 21.2. The number of amides is 1. The summed E-state index contributed by atoms with van der Waals surface area (Å²) in [6.07, 6.45) is -5.37. The molecule has 0 fully saturated rings. The van der Waals surface area contributed by atoms with E-state index in [-0.39, 0.29) is 47.0 Å². The number of carbonyl (C=O) groups is 3. The fourth-order valence-electron chi connectivity index (χ4n) is 3.92. The highest BCUT2D eigenvalue weighted by Crippen LogP contribution is 2.34. The number of benzene rings is 2. The van der Waals surface area contributed by atoms with Crippen molar-refractivity contribution in [1.82, 2.24) is 9.88 Å². The highest BCUT2D eigenvalue weighted by Gasteiger charge is 2.31. The topological polar surface area (TPSA) is 118 Å². The number of alkyl halides is 3. The van der Waals surface area contributed by atoms with Crippen molar-refractivity contribution in [3.63, 3.8) is 0 Å². The van der Waals surface area contributed by atoms with Crippen molar-refractivity contribution in [1.29, 1.82) is 0 Å². The third kappa shape index (κ3) is 5.93. The summed E-state index contributed by atoms with van der Waals surface area (Å²) in [5.41, 5.74) is 0.620. The van der Waals surface area contributed by atoms with Gasteiger partial charge in [-0.25, -0.2) is 4.39 Å². The summed E-state index contributed by atoms with van der Waals surface area (Å²) in [5.74, 6) is -4.43. The zero-order valence-corrected chi connectivity index (χ0v) is 19.1. The van der Waals surface area contributed by atoms with Crippen LogP contribution in [-0.4, -0.2) is 45.0 Å². The molecule has 0 aliphatic heterocycles. The number of fused-ring (bicyclic) bond motifs is 1. The van der Waals surface area contributed by atoms with E-state index in [2.05, 4.69) is 10.1 Å². The highest BCUT2D eigenvalue weighted by molar-refractivity contribution is 6.04. The molecule has 3 aromatic rings. The van der Waals surface area contributed by atoms with Crippen LogP contribution in [0.2, 0.25) is 0 Å². The quantitative estimate of drug-likeness (QED) is 0.389. The summed E-state index contributed by atoms with van der Waals surface area (Å²) in [4.78, 5) is 36.3. The third-order valence-corrected chi connectivity index (χ3v) is 5.44. The number of carbonyl (C=O) groups excluding carboxylic acids is 2. The first kappa shape index (κ1) is 26.5. The molecule has 12 heteroatoms. The van der Waals surface area contributed by atoms with Crippen LogP contribution in [0.1, 0.15) is 41.4 Å². The van der Waals surface area contributed by atoms with E-state index in [0.717, 1.165) is 34.9 Å². The molecule has 1 heterocycles. The molecule has 0 saturated carbocycles. The van der Waals surface area contributed by atoms with Crippen LogP contribution in [-0.2, 0) is 16.0 Å². The lowest BCUT2D eigenvalue weighted by Gasteiger charge is -2.12. The number of hydrogen-bond donors (Lipinski definition) is 3. The summed E-state index contributed by atoms with van der Waals surface area (Å²) in [6, 6.07) is 5.94. The zero-order chi connectivity index (χ0) is 26.8. The third-order valence-electron chi connectivity index (χ3n) is 5.44. The van der Waals surface area contributed by atoms with Crippen molar-refractivity contribution in [2.24, 2.45) is 0 Å². The summed E-state index contributed by atoms with van der Waals surface area (Å²) in [7, 11) is 0. The maximum atomic E-state index is 14.9. The second-order valence-electron chi connectivity index (χ2n) is 8.14. The van der Waals surface area contributed by atoms with Crippen LogP contribution in [0.15, 0.2) is 36.4 Å². The van der Waals surface area contributed by atoms with E-state index in [4.69, 9.17) is 5.11 Å². The number of rotatable bonds is 8. The number of aromatic hydroxyl groups is 1. The number of halogens is 4. The van der Waals surface area contributed by atoms with Gasteiger partial charge in [0.05, 0.1) is 11.9 Å². The average molecular weight is 510 g/mol. The Hall–Kier alpha value is -4.09. The number of carboxylic acid groups (broad SMARTS) is 1. The van der Waals surface area contributed by atoms with E-state index in [9.17, 15) is 37.1 Å². The number of carboxylic acids is 1.